The van der Waals surface area contributed by atoms with Crippen LogP contribution in [-0.2, 0) is 6.18 Å². The van der Waals surface area contributed by atoms with Gasteiger partial charge in [0.2, 0.25) is 0 Å². The fourth-order valence-corrected chi connectivity index (χ4v) is 1.91. The summed E-state index contributed by atoms with van der Waals surface area (Å²) < 4.78 is 56.1. The van der Waals surface area contributed by atoms with Crippen molar-refractivity contribution in [1.82, 2.24) is 0 Å². The van der Waals surface area contributed by atoms with E-state index in [0.29, 0.717) is 23.4 Å². The molecular formula is C15H12F4O2. The maximum Gasteiger partial charge on any atom is 0.419 e. The average Bonchev–Trinajstić information content (AvgIpc) is 2.46. The first kappa shape index (κ1) is 15.3. The van der Waals surface area contributed by atoms with E-state index in [0.717, 1.165) is 6.07 Å². The second-order valence-corrected chi connectivity index (χ2v) is 4.41. The Kier molecular flexibility index (Phi) is 4.18. The molecule has 0 saturated carbocycles. The van der Waals surface area contributed by atoms with Gasteiger partial charge in [0.1, 0.15) is 17.7 Å². The molecule has 0 saturated heterocycles. The lowest BCUT2D eigenvalue weighted by molar-refractivity contribution is -0.140. The van der Waals surface area contributed by atoms with Crippen LogP contribution in [-0.4, -0.2) is 12.2 Å². The minimum absolute atomic E-state index is 0.0334. The maximum absolute atomic E-state index is 13.2. The number of aliphatic hydroxyl groups is 1. The van der Waals surface area contributed by atoms with Gasteiger partial charge < -0.3 is 9.84 Å². The quantitative estimate of drug-likeness (QED) is 0.870. The van der Waals surface area contributed by atoms with Gasteiger partial charge in [-0.1, -0.05) is 18.2 Å². The predicted octanol–water partition coefficient (Wildman–Crippen LogP) is 3.93. The summed E-state index contributed by atoms with van der Waals surface area (Å²) in [7, 11) is 1.47. The highest BCUT2D eigenvalue weighted by molar-refractivity contribution is 5.36. The van der Waals surface area contributed by atoms with Crippen molar-refractivity contribution >= 4 is 0 Å². The molecule has 0 bridgehead atoms. The highest BCUT2D eigenvalue weighted by Gasteiger charge is 2.34. The maximum atomic E-state index is 13.2. The molecule has 0 aromatic heterocycles. The molecule has 0 aliphatic heterocycles. The molecule has 0 aliphatic rings. The van der Waals surface area contributed by atoms with E-state index in [1.807, 2.05) is 0 Å². The van der Waals surface area contributed by atoms with Crippen molar-refractivity contribution in [3.63, 3.8) is 0 Å². The standard InChI is InChI=1S/C15H12F4O2/c1-21-11-5-2-9(3-6-11)14(20)10-4-7-13(16)12(8-10)15(17,18)19/h2-8,14,20H,1H3. The van der Waals surface area contributed by atoms with Crippen molar-refractivity contribution in [3.05, 3.63) is 65.0 Å². The molecule has 2 nitrogen and oxygen atoms in total. The van der Waals surface area contributed by atoms with Crippen molar-refractivity contribution in [2.24, 2.45) is 0 Å². The van der Waals surface area contributed by atoms with Crippen LogP contribution in [0.3, 0.4) is 0 Å². The molecular weight excluding hydrogens is 288 g/mol. The largest absolute Gasteiger partial charge is 0.497 e. The number of alkyl halides is 3. The number of aliphatic hydroxyl groups excluding tert-OH is 1. The molecule has 0 amide bonds. The molecule has 2 rings (SSSR count). The van der Waals surface area contributed by atoms with E-state index in [2.05, 4.69) is 0 Å². The van der Waals surface area contributed by atoms with E-state index < -0.39 is 23.7 Å². The van der Waals surface area contributed by atoms with Crippen LogP contribution in [0.2, 0.25) is 0 Å². The topological polar surface area (TPSA) is 29.5 Å². The van der Waals surface area contributed by atoms with E-state index in [1.54, 1.807) is 12.1 Å². The Morgan fingerprint density at radius 2 is 1.57 bits per heavy atom. The lowest BCUT2D eigenvalue weighted by atomic mass is 9.99. The summed E-state index contributed by atoms with van der Waals surface area (Å²) in [5.74, 6) is -0.811. The van der Waals surface area contributed by atoms with Crippen molar-refractivity contribution in [2.45, 2.75) is 12.3 Å². The number of halogens is 4. The lowest BCUT2D eigenvalue weighted by Crippen LogP contribution is -2.10. The molecule has 2 aromatic carbocycles. The third-order valence-corrected chi connectivity index (χ3v) is 3.04. The van der Waals surface area contributed by atoms with Crippen molar-refractivity contribution in [1.29, 1.82) is 0 Å². The van der Waals surface area contributed by atoms with Crippen LogP contribution in [0.15, 0.2) is 42.5 Å². The summed E-state index contributed by atoms with van der Waals surface area (Å²) in [4.78, 5) is 0. The van der Waals surface area contributed by atoms with Gasteiger partial charge in [-0.25, -0.2) is 4.39 Å². The molecule has 1 unspecified atom stereocenters. The first-order valence-corrected chi connectivity index (χ1v) is 6.01. The van der Waals surface area contributed by atoms with Crippen LogP contribution >= 0.6 is 0 Å². The summed E-state index contributed by atoms with van der Waals surface area (Å²) in [6, 6.07) is 8.65. The van der Waals surface area contributed by atoms with Crippen LogP contribution in [0.5, 0.6) is 5.75 Å². The van der Waals surface area contributed by atoms with Gasteiger partial charge in [-0.3, -0.25) is 0 Å². The van der Waals surface area contributed by atoms with Crippen LogP contribution in [0, 0.1) is 5.82 Å². The molecule has 0 spiro atoms. The Bertz CT molecular complexity index is 621. The van der Waals surface area contributed by atoms with Crippen molar-refractivity contribution in [2.75, 3.05) is 7.11 Å². The van der Waals surface area contributed by atoms with E-state index in [4.69, 9.17) is 4.74 Å². The summed E-state index contributed by atoms with van der Waals surface area (Å²) in [6.45, 7) is 0. The zero-order chi connectivity index (χ0) is 15.6. The molecule has 0 heterocycles. The molecule has 21 heavy (non-hydrogen) atoms. The molecule has 0 aliphatic carbocycles. The van der Waals surface area contributed by atoms with Gasteiger partial charge in [0, 0.05) is 0 Å². The number of benzene rings is 2. The zero-order valence-corrected chi connectivity index (χ0v) is 11.0. The van der Waals surface area contributed by atoms with E-state index in [-0.39, 0.29) is 5.56 Å². The van der Waals surface area contributed by atoms with Crippen LogP contribution in [0.1, 0.15) is 22.8 Å². The summed E-state index contributed by atoms with van der Waals surface area (Å²) in [6.07, 6.45) is -6.09. The van der Waals surface area contributed by atoms with Gasteiger partial charge in [-0.05, 0) is 35.4 Å². The van der Waals surface area contributed by atoms with Gasteiger partial charge >= 0.3 is 6.18 Å². The Morgan fingerprint density at radius 1 is 1.00 bits per heavy atom. The SMILES string of the molecule is COc1ccc(C(O)c2ccc(F)c(C(F)(F)F)c2)cc1. The minimum Gasteiger partial charge on any atom is -0.497 e. The molecule has 6 heteroatoms. The fraction of sp³-hybridized carbons (Fsp3) is 0.200. The normalized spacial score (nSPS) is 13.0. The molecule has 0 fully saturated rings. The second kappa shape index (κ2) is 5.73. The Hall–Kier alpha value is -2.08. The zero-order valence-electron chi connectivity index (χ0n) is 11.0. The summed E-state index contributed by atoms with van der Waals surface area (Å²) in [5, 5.41) is 10.1. The number of hydrogen-bond donors (Lipinski definition) is 1. The third kappa shape index (κ3) is 3.33. The number of hydrogen-bond acceptors (Lipinski definition) is 2. The number of methoxy groups -OCH3 is 1. The fourth-order valence-electron chi connectivity index (χ4n) is 1.91. The van der Waals surface area contributed by atoms with Gasteiger partial charge in [0.05, 0.1) is 12.7 Å². The van der Waals surface area contributed by atoms with Gasteiger partial charge in [-0.2, -0.15) is 13.2 Å². The van der Waals surface area contributed by atoms with E-state index in [9.17, 15) is 22.7 Å². The van der Waals surface area contributed by atoms with Crippen molar-refractivity contribution in [3.8, 4) is 5.75 Å². The number of ether oxygens (including phenoxy) is 1. The average molecular weight is 300 g/mol. The van der Waals surface area contributed by atoms with Gasteiger partial charge in [-0.15, -0.1) is 0 Å². The smallest absolute Gasteiger partial charge is 0.419 e. The van der Waals surface area contributed by atoms with Crippen molar-refractivity contribution < 1.29 is 27.4 Å². The molecule has 0 radical (unpaired) electrons. The predicted molar refractivity (Wildman–Crippen MR) is 68.5 cm³/mol. The molecule has 1 N–H and O–H groups in total. The van der Waals surface area contributed by atoms with Crippen LogP contribution < -0.4 is 4.74 Å². The van der Waals surface area contributed by atoms with Gasteiger partial charge in [0.25, 0.3) is 0 Å². The molecule has 2 aromatic rings. The number of rotatable bonds is 3. The minimum atomic E-state index is -4.81. The third-order valence-electron chi connectivity index (χ3n) is 3.04. The van der Waals surface area contributed by atoms with E-state index >= 15 is 0 Å². The highest BCUT2D eigenvalue weighted by Crippen LogP contribution is 2.34. The highest BCUT2D eigenvalue weighted by atomic mass is 19.4. The van der Waals surface area contributed by atoms with Gasteiger partial charge in [0.15, 0.2) is 0 Å². The van der Waals surface area contributed by atoms with Crippen LogP contribution in [0.25, 0.3) is 0 Å². The summed E-state index contributed by atoms with van der Waals surface area (Å²) >= 11 is 0. The van der Waals surface area contributed by atoms with Crippen LogP contribution in [0.4, 0.5) is 17.6 Å². The summed E-state index contributed by atoms with van der Waals surface area (Å²) in [5.41, 5.74) is -1.04. The molecule has 112 valence electrons. The first-order valence-electron chi connectivity index (χ1n) is 6.01. The van der Waals surface area contributed by atoms with E-state index in [1.165, 1.54) is 19.2 Å². The Labute approximate surface area is 118 Å². The monoisotopic (exact) mass is 300 g/mol. The lowest BCUT2D eigenvalue weighted by Gasteiger charge is -2.15. The Balaban J connectivity index is 2.36. The second-order valence-electron chi connectivity index (χ2n) is 4.41. The Morgan fingerprint density at radius 3 is 2.10 bits per heavy atom. The molecule has 1 atom stereocenters. The first-order chi connectivity index (χ1) is 9.82.